The van der Waals surface area contributed by atoms with E-state index >= 15 is 0 Å². The van der Waals surface area contributed by atoms with Gasteiger partial charge in [0.2, 0.25) is 17.7 Å². The number of carbonyl (C=O) groups excluding carboxylic acids is 3. The highest BCUT2D eigenvalue weighted by molar-refractivity contribution is 8.00. The number of hydrogen-bond donors (Lipinski definition) is 2. The van der Waals surface area contributed by atoms with Gasteiger partial charge >= 0.3 is 5.97 Å². The molecule has 3 amide bonds. The molecule has 0 aliphatic carbocycles. The molecule has 30 heavy (non-hydrogen) atoms. The van der Waals surface area contributed by atoms with Crippen molar-refractivity contribution in [3.05, 3.63) is 65.7 Å². The molecular weight excluding hydrogens is 404 g/mol. The summed E-state index contributed by atoms with van der Waals surface area (Å²) >= 11 is 1.26. The van der Waals surface area contributed by atoms with Crippen molar-refractivity contribution < 1.29 is 24.3 Å². The summed E-state index contributed by atoms with van der Waals surface area (Å²) in [6.45, 7) is 3.82. The van der Waals surface area contributed by atoms with Crippen molar-refractivity contribution in [3.63, 3.8) is 0 Å². The number of thioether (sulfide) groups is 1. The summed E-state index contributed by atoms with van der Waals surface area (Å²) in [5.74, 6) is -2.30. The Kier molecular flexibility index (Phi) is 6.37. The molecule has 1 fully saturated rings. The van der Waals surface area contributed by atoms with Gasteiger partial charge in [0.15, 0.2) is 0 Å². The summed E-state index contributed by atoms with van der Waals surface area (Å²) in [4.78, 5) is 49.7. The van der Waals surface area contributed by atoms with E-state index in [1.807, 2.05) is 26.0 Å². The van der Waals surface area contributed by atoms with Crippen LogP contribution < -0.4 is 10.2 Å². The number of hydrogen-bond acceptors (Lipinski definition) is 5. The van der Waals surface area contributed by atoms with E-state index < -0.39 is 17.1 Å². The highest BCUT2D eigenvalue weighted by Gasteiger charge is 2.40. The van der Waals surface area contributed by atoms with Crippen LogP contribution in [0.2, 0.25) is 0 Å². The van der Waals surface area contributed by atoms with Gasteiger partial charge in [0.05, 0.1) is 10.9 Å². The molecule has 7 nitrogen and oxygen atoms in total. The normalized spacial score (nSPS) is 16.3. The molecule has 1 unspecified atom stereocenters. The maximum Gasteiger partial charge on any atom is 0.328 e. The number of nitrogens with one attached hydrogen (secondary N) is 1. The van der Waals surface area contributed by atoms with Crippen LogP contribution in [-0.2, 0) is 19.2 Å². The monoisotopic (exact) mass is 424 g/mol. The second-order valence-electron chi connectivity index (χ2n) is 6.79. The Bertz CT molecular complexity index is 1060. The predicted molar refractivity (Wildman–Crippen MR) is 115 cm³/mol. The van der Waals surface area contributed by atoms with Gasteiger partial charge < -0.3 is 10.4 Å². The summed E-state index contributed by atoms with van der Waals surface area (Å²) in [6.07, 6.45) is 1.76. The van der Waals surface area contributed by atoms with Crippen LogP contribution >= 0.6 is 11.8 Å². The van der Waals surface area contributed by atoms with E-state index in [0.29, 0.717) is 16.3 Å². The molecule has 1 atom stereocenters. The van der Waals surface area contributed by atoms with Crippen LogP contribution in [-0.4, -0.2) is 34.0 Å². The quantitative estimate of drug-likeness (QED) is 0.545. The number of benzene rings is 2. The van der Waals surface area contributed by atoms with Crippen molar-refractivity contribution in [2.24, 2.45) is 0 Å². The first-order valence-electron chi connectivity index (χ1n) is 9.18. The predicted octanol–water partition coefficient (Wildman–Crippen LogP) is 3.31. The number of anilines is 2. The third-order valence-electron chi connectivity index (χ3n) is 4.68. The number of nitrogens with zero attached hydrogens (tertiary/aromatic N) is 1. The van der Waals surface area contributed by atoms with Crippen LogP contribution in [0.15, 0.2) is 59.5 Å². The minimum atomic E-state index is -1.22. The van der Waals surface area contributed by atoms with Gasteiger partial charge in [0.25, 0.3) is 0 Å². The lowest BCUT2D eigenvalue weighted by Crippen LogP contribution is -2.31. The first-order valence-corrected chi connectivity index (χ1v) is 10.1. The van der Waals surface area contributed by atoms with Crippen molar-refractivity contribution in [3.8, 4) is 0 Å². The molecule has 3 rings (SSSR count). The van der Waals surface area contributed by atoms with Gasteiger partial charge in [-0.3, -0.25) is 14.4 Å². The summed E-state index contributed by atoms with van der Waals surface area (Å²) in [6, 6.07) is 12.3. The van der Waals surface area contributed by atoms with Gasteiger partial charge in [0, 0.05) is 29.2 Å². The number of aliphatic carboxylic acids is 1. The summed E-state index contributed by atoms with van der Waals surface area (Å²) < 4.78 is 0. The van der Waals surface area contributed by atoms with Crippen molar-refractivity contribution in [1.82, 2.24) is 0 Å². The SMILES string of the molecule is Cc1cccc(N2C(=O)CC(Sc3cccc(NC(=O)C=CC(=O)O)c3)C2=O)c1C. The molecular formula is C22H20N2O5S. The number of aryl methyl sites for hydroxylation is 1. The minimum Gasteiger partial charge on any atom is -0.478 e. The summed E-state index contributed by atoms with van der Waals surface area (Å²) in [5.41, 5.74) is 2.97. The topological polar surface area (TPSA) is 104 Å². The molecule has 8 heteroatoms. The fourth-order valence-corrected chi connectivity index (χ4v) is 4.18. The van der Waals surface area contributed by atoms with E-state index in [1.165, 1.54) is 16.7 Å². The Balaban J connectivity index is 1.73. The minimum absolute atomic E-state index is 0.0921. The lowest BCUT2D eigenvalue weighted by atomic mass is 10.1. The molecule has 0 saturated carbocycles. The molecule has 2 aromatic carbocycles. The molecule has 0 spiro atoms. The number of amides is 3. The maximum atomic E-state index is 12.9. The van der Waals surface area contributed by atoms with Gasteiger partial charge in [-0.2, -0.15) is 0 Å². The Morgan fingerprint density at radius 1 is 1.13 bits per heavy atom. The maximum absolute atomic E-state index is 12.9. The molecule has 2 aromatic rings. The van der Waals surface area contributed by atoms with Crippen molar-refractivity contribution in [2.45, 2.75) is 30.4 Å². The van der Waals surface area contributed by atoms with Gasteiger partial charge in [-0.15, -0.1) is 11.8 Å². The molecule has 2 N–H and O–H groups in total. The van der Waals surface area contributed by atoms with Gasteiger partial charge in [-0.1, -0.05) is 18.2 Å². The lowest BCUT2D eigenvalue weighted by Gasteiger charge is -2.18. The first-order chi connectivity index (χ1) is 14.3. The van der Waals surface area contributed by atoms with Crippen LogP contribution in [0.1, 0.15) is 17.5 Å². The highest BCUT2D eigenvalue weighted by Crippen LogP contribution is 2.36. The zero-order valence-corrected chi connectivity index (χ0v) is 17.2. The van der Waals surface area contributed by atoms with E-state index in [4.69, 9.17) is 5.11 Å². The van der Waals surface area contributed by atoms with Gasteiger partial charge in [-0.05, 0) is 49.2 Å². The molecule has 1 aliphatic rings. The molecule has 154 valence electrons. The summed E-state index contributed by atoms with van der Waals surface area (Å²) in [7, 11) is 0. The second-order valence-corrected chi connectivity index (χ2v) is 8.06. The van der Waals surface area contributed by atoms with Crippen molar-refractivity contribution in [1.29, 1.82) is 0 Å². The van der Waals surface area contributed by atoms with Gasteiger partial charge in [0.1, 0.15) is 0 Å². The number of imide groups is 1. The standard InChI is InChI=1S/C22H20N2O5S/c1-13-5-3-8-17(14(13)2)24-20(26)12-18(22(24)29)30-16-7-4-6-15(11-16)23-19(25)9-10-21(27)28/h3-11,18H,12H2,1-2H3,(H,23,25)(H,27,28). The Morgan fingerprint density at radius 2 is 1.87 bits per heavy atom. The highest BCUT2D eigenvalue weighted by atomic mass is 32.2. The molecule has 0 bridgehead atoms. The van der Waals surface area contributed by atoms with Gasteiger partial charge in [-0.25, -0.2) is 9.69 Å². The van der Waals surface area contributed by atoms with E-state index in [1.54, 1.807) is 30.3 Å². The van der Waals surface area contributed by atoms with E-state index in [2.05, 4.69) is 5.32 Å². The van der Waals surface area contributed by atoms with Crippen LogP contribution in [0.25, 0.3) is 0 Å². The van der Waals surface area contributed by atoms with Crippen LogP contribution in [0.5, 0.6) is 0 Å². The number of carboxylic acids is 1. The molecule has 1 aliphatic heterocycles. The third-order valence-corrected chi connectivity index (χ3v) is 5.86. The molecule has 1 saturated heterocycles. The van der Waals surface area contributed by atoms with Crippen molar-refractivity contribution in [2.75, 3.05) is 10.2 Å². The summed E-state index contributed by atoms with van der Waals surface area (Å²) in [5, 5.41) is 10.6. The van der Waals surface area contributed by atoms with Crippen LogP contribution in [0.3, 0.4) is 0 Å². The Morgan fingerprint density at radius 3 is 2.60 bits per heavy atom. The number of rotatable bonds is 6. The average Bonchev–Trinajstić information content (AvgIpc) is 2.96. The van der Waals surface area contributed by atoms with E-state index in [-0.39, 0.29) is 18.2 Å². The largest absolute Gasteiger partial charge is 0.478 e. The van der Waals surface area contributed by atoms with Crippen LogP contribution in [0.4, 0.5) is 11.4 Å². The molecule has 1 heterocycles. The third kappa shape index (κ3) is 4.77. The lowest BCUT2D eigenvalue weighted by molar-refractivity contribution is -0.131. The zero-order valence-electron chi connectivity index (χ0n) is 16.4. The van der Waals surface area contributed by atoms with E-state index in [0.717, 1.165) is 23.3 Å². The number of carbonyl (C=O) groups is 4. The van der Waals surface area contributed by atoms with Crippen LogP contribution in [0, 0.1) is 13.8 Å². The Labute approximate surface area is 177 Å². The smallest absolute Gasteiger partial charge is 0.328 e. The fourth-order valence-electron chi connectivity index (χ4n) is 3.07. The number of carboxylic acid groups (broad SMARTS) is 1. The van der Waals surface area contributed by atoms with Crippen molar-refractivity contribution >= 4 is 46.8 Å². The molecule has 0 aromatic heterocycles. The average molecular weight is 424 g/mol. The second kappa shape index (κ2) is 8.96. The first kappa shape index (κ1) is 21.3. The zero-order chi connectivity index (χ0) is 21.8. The fraction of sp³-hybridized carbons (Fsp3) is 0.182. The molecule has 0 radical (unpaired) electrons. The van der Waals surface area contributed by atoms with E-state index in [9.17, 15) is 19.2 Å². The Hall–Kier alpha value is -3.39.